The first-order valence-electron chi connectivity index (χ1n) is 6.07. The molecule has 2 unspecified atom stereocenters. The van der Waals surface area contributed by atoms with Crippen molar-refractivity contribution >= 4 is 0 Å². The molecule has 0 aromatic rings. The molecule has 2 N–H and O–H groups in total. The second-order valence-corrected chi connectivity index (χ2v) is 5.02. The monoisotopic (exact) mass is 214 g/mol. The van der Waals surface area contributed by atoms with Crippen LogP contribution in [0.25, 0.3) is 0 Å². The standard InChI is InChI=1S/C12H26N2O/c1-5-11(3)9-12(10-13,7-8-15-11)14(4)6-2/h5-10,13H2,1-4H3. The van der Waals surface area contributed by atoms with Crippen molar-refractivity contribution in [2.75, 3.05) is 26.7 Å². The predicted octanol–water partition coefficient (Wildman–Crippen LogP) is 1.61. The molecule has 1 saturated heterocycles. The fourth-order valence-electron chi connectivity index (χ4n) is 2.54. The summed E-state index contributed by atoms with van der Waals surface area (Å²) in [7, 11) is 2.17. The Morgan fingerprint density at radius 1 is 1.40 bits per heavy atom. The summed E-state index contributed by atoms with van der Waals surface area (Å²) in [5.41, 5.74) is 6.16. The number of rotatable bonds is 4. The fraction of sp³-hybridized carbons (Fsp3) is 1.00. The van der Waals surface area contributed by atoms with E-state index in [0.29, 0.717) is 0 Å². The van der Waals surface area contributed by atoms with E-state index < -0.39 is 0 Å². The fourth-order valence-corrected chi connectivity index (χ4v) is 2.54. The first kappa shape index (κ1) is 12.9. The second kappa shape index (κ2) is 4.81. The van der Waals surface area contributed by atoms with Gasteiger partial charge in [-0.05, 0) is 39.8 Å². The molecule has 0 radical (unpaired) electrons. The third-order valence-corrected chi connectivity index (χ3v) is 4.13. The molecule has 0 bridgehead atoms. The Labute approximate surface area is 94.0 Å². The van der Waals surface area contributed by atoms with Crippen molar-refractivity contribution in [1.82, 2.24) is 4.90 Å². The lowest BCUT2D eigenvalue weighted by molar-refractivity contribution is -0.124. The van der Waals surface area contributed by atoms with Crippen molar-refractivity contribution in [2.45, 2.75) is 51.2 Å². The number of nitrogens with zero attached hydrogens (tertiary/aromatic N) is 1. The van der Waals surface area contributed by atoms with Crippen LogP contribution in [0.2, 0.25) is 0 Å². The molecule has 0 aromatic carbocycles. The molecule has 90 valence electrons. The smallest absolute Gasteiger partial charge is 0.0670 e. The molecule has 0 amide bonds. The molecule has 15 heavy (non-hydrogen) atoms. The van der Waals surface area contributed by atoms with Gasteiger partial charge in [0.25, 0.3) is 0 Å². The van der Waals surface area contributed by atoms with E-state index in [1.165, 1.54) is 0 Å². The lowest BCUT2D eigenvalue weighted by Crippen LogP contribution is -2.59. The van der Waals surface area contributed by atoms with Crippen molar-refractivity contribution in [3.8, 4) is 0 Å². The Morgan fingerprint density at radius 2 is 2.07 bits per heavy atom. The minimum absolute atomic E-state index is 0.0149. The molecule has 1 heterocycles. The van der Waals surface area contributed by atoms with Gasteiger partial charge >= 0.3 is 0 Å². The van der Waals surface area contributed by atoms with E-state index in [-0.39, 0.29) is 11.1 Å². The molecule has 1 aliphatic rings. The van der Waals surface area contributed by atoms with Crippen molar-refractivity contribution in [2.24, 2.45) is 5.73 Å². The predicted molar refractivity (Wildman–Crippen MR) is 64.0 cm³/mol. The molecule has 1 rings (SSSR count). The van der Waals surface area contributed by atoms with Crippen LogP contribution in [0.4, 0.5) is 0 Å². The molecule has 0 saturated carbocycles. The Hall–Kier alpha value is -0.120. The van der Waals surface area contributed by atoms with Crippen molar-refractivity contribution in [3.63, 3.8) is 0 Å². The van der Waals surface area contributed by atoms with Crippen molar-refractivity contribution in [3.05, 3.63) is 0 Å². The van der Waals surface area contributed by atoms with Gasteiger partial charge < -0.3 is 10.5 Å². The van der Waals surface area contributed by atoms with Crippen LogP contribution < -0.4 is 5.73 Å². The Morgan fingerprint density at radius 3 is 2.53 bits per heavy atom. The minimum Gasteiger partial charge on any atom is -0.375 e. The SMILES string of the molecule is CCN(C)C1(CN)CCOC(C)(CC)C1. The maximum atomic E-state index is 5.99. The largest absolute Gasteiger partial charge is 0.375 e. The zero-order valence-electron chi connectivity index (χ0n) is 10.7. The van der Waals surface area contributed by atoms with Crippen LogP contribution >= 0.6 is 0 Å². The summed E-state index contributed by atoms with van der Waals surface area (Å²) in [6.07, 6.45) is 3.17. The summed E-state index contributed by atoms with van der Waals surface area (Å²) in [5, 5.41) is 0. The Balaban J connectivity index is 2.81. The van der Waals surface area contributed by atoms with Gasteiger partial charge in [-0.3, -0.25) is 4.90 Å². The number of nitrogens with two attached hydrogens (primary N) is 1. The van der Waals surface area contributed by atoms with Gasteiger partial charge in [0.15, 0.2) is 0 Å². The average Bonchev–Trinajstić information content (AvgIpc) is 2.27. The maximum absolute atomic E-state index is 5.99. The first-order valence-corrected chi connectivity index (χ1v) is 6.07. The van der Waals surface area contributed by atoms with E-state index in [0.717, 1.165) is 39.0 Å². The van der Waals surface area contributed by atoms with Crippen LogP contribution in [0.3, 0.4) is 0 Å². The Bertz CT molecular complexity index is 210. The van der Waals surface area contributed by atoms with Gasteiger partial charge in [-0.1, -0.05) is 13.8 Å². The van der Waals surface area contributed by atoms with E-state index >= 15 is 0 Å². The van der Waals surface area contributed by atoms with E-state index in [1.807, 2.05) is 0 Å². The highest BCUT2D eigenvalue weighted by atomic mass is 16.5. The zero-order chi connectivity index (χ0) is 11.5. The highest BCUT2D eigenvalue weighted by molar-refractivity contribution is 4.99. The quantitative estimate of drug-likeness (QED) is 0.773. The van der Waals surface area contributed by atoms with Crippen molar-refractivity contribution < 1.29 is 4.74 Å². The van der Waals surface area contributed by atoms with Gasteiger partial charge in [0.1, 0.15) is 0 Å². The number of likely N-dealkylation sites (N-methyl/N-ethyl adjacent to an activating group) is 1. The molecule has 0 aromatic heterocycles. The molecule has 2 atom stereocenters. The van der Waals surface area contributed by atoms with Gasteiger partial charge in [-0.2, -0.15) is 0 Å². The Kier molecular flexibility index (Phi) is 4.15. The number of ether oxygens (including phenoxy) is 1. The topological polar surface area (TPSA) is 38.5 Å². The molecule has 1 aliphatic heterocycles. The average molecular weight is 214 g/mol. The summed E-state index contributed by atoms with van der Waals surface area (Å²) < 4.78 is 5.88. The summed E-state index contributed by atoms with van der Waals surface area (Å²) in [6, 6.07) is 0. The van der Waals surface area contributed by atoms with Crippen LogP contribution in [0, 0.1) is 0 Å². The third-order valence-electron chi connectivity index (χ3n) is 4.13. The van der Waals surface area contributed by atoms with Gasteiger partial charge in [0.2, 0.25) is 0 Å². The molecule has 0 spiro atoms. The molecule has 3 heteroatoms. The molecule has 1 fully saturated rings. The van der Waals surface area contributed by atoms with Gasteiger partial charge in [-0.25, -0.2) is 0 Å². The molecular formula is C12H26N2O. The van der Waals surface area contributed by atoms with E-state index in [1.54, 1.807) is 0 Å². The molecular weight excluding hydrogens is 188 g/mol. The second-order valence-electron chi connectivity index (χ2n) is 5.02. The molecule has 0 aliphatic carbocycles. The van der Waals surface area contributed by atoms with Crippen LogP contribution in [0.1, 0.15) is 40.0 Å². The van der Waals surface area contributed by atoms with E-state index in [9.17, 15) is 0 Å². The highest BCUT2D eigenvalue weighted by Crippen LogP contribution is 2.37. The normalized spacial score (nSPS) is 37.2. The summed E-state index contributed by atoms with van der Waals surface area (Å²) in [5.74, 6) is 0. The maximum Gasteiger partial charge on any atom is 0.0670 e. The first-order chi connectivity index (χ1) is 7.02. The summed E-state index contributed by atoms with van der Waals surface area (Å²) in [6.45, 7) is 9.22. The lowest BCUT2D eigenvalue weighted by Gasteiger charge is -2.50. The van der Waals surface area contributed by atoms with Crippen molar-refractivity contribution in [1.29, 1.82) is 0 Å². The zero-order valence-corrected chi connectivity index (χ0v) is 10.7. The van der Waals surface area contributed by atoms with Crippen LogP contribution in [0.5, 0.6) is 0 Å². The minimum atomic E-state index is 0.0149. The van der Waals surface area contributed by atoms with Crippen LogP contribution in [-0.4, -0.2) is 42.8 Å². The third kappa shape index (κ3) is 2.52. The van der Waals surface area contributed by atoms with E-state index in [2.05, 4.69) is 32.7 Å². The summed E-state index contributed by atoms with van der Waals surface area (Å²) in [4.78, 5) is 2.39. The number of hydrogen-bond acceptors (Lipinski definition) is 3. The van der Waals surface area contributed by atoms with Crippen LogP contribution in [0.15, 0.2) is 0 Å². The van der Waals surface area contributed by atoms with Gasteiger partial charge in [0, 0.05) is 18.7 Å². The molecule has 3 nitrogen and oxygen atoms in total. The van der Waals surface area contributed by atoms with E-state index in [4.69, 9.17) is 10.5 Å². The van der Waals surface area contributed by atoms with Crippen LogP contribution in [-0.2, 0) is 4.74 Å². The van der Waals surface area contributed by atoms with Gasteiger partial charge in [-0.15, -0.1) is 0 Å². The summed E-state index contributed by atoms with van der Waals surface area (Å²) >= 11 is 0. The van der Waals surface area contributed by atoms with Gasteiger partial charge in [0.05, 0.1) is 5.60 Å². The highest BCUT2D eigenvalue weighted by Gasteiger charge is 2.43. The number of hydrogen-bond donors (Lipinski definition) is 1. The lowest BCUT2D eigenvalue weighted by atomic mass is 9.78.